The van der Waals surface area contributed by atoms with Crippen molar-refractivity contribution >= 4 is 51.0 Å². The maximum absolute atomic E-state index is 12.0. The van der Waals surface area contributed by atoms with Crippen LogP contribution in [0.25, 0.3) is 10.6 Å². The standard InChI is InChI=1S/C15H10BrClN4OS/c16-14-6-5-13(23-14)11-7-12(20-19-11)15(22)21-18-8-9-3-1-2-4-10(9)17/h1-8H,(H,19,20)(H,21,22). The highest BCUT2D eigenvalue weighted by Gasteiger charge is 2.11. The van der Waals surface area contributed by atoms with E-state index in [1.54, 1.807) is 29.5 Å². The number of carbonyl (C=O) groups is 1. The van der Waals surface area contributed by atoms with Gasteiger partial charge in [-0.2, -0.15) is 10.2 Å². The molecule has 5 nitrogen and oxygen atoms in total. The molecule has 0 unspecified atom stereocenters. The third-order valence-corrected chi connectivity index (χ3v) is 4.93. The molecule has 8 heteroatoms. The summed E-state index contributed by atoms with van der Waals surface area (Å²) in [6.45, 7) is 0. The molecule has 1 aromatic carbocycles. The van der Waals surface area contributed by atoms with Crippen LogP contribution in [0.5, 0.6) is 0 Å². The largest absolute Gasteiger partial charge is 0.291 e. The average molecular weight is 410 g/mol. The number of benzene rings is 1. The van der Waals surface area contributed by atoms with Crippen molar-refractivity contribution in [1.82, 2.24) is 15.6 Å². The average Bonchev–Trinajstić information content (AvgIpc) is 3.18. The zero-order valence-corrected chi connectivity index (χ0v) is 14.7. The lowest BCUT2D eigenvalue weighted by Crippen LogP contribution is -2.18. The van der Waals surface area contributed by atoms with Gasteiger partial charge in [0.25, 0.3) is 5.91 Å². The van der Waals surface area contributed by atoms with E-state index < -0.39 is 5.91 Å². The highest BCUT2D eigenvalue weighted by Crippen LogP contribution is 2.30. The number of H-pyrrole nitrogens is 1. The number of hydrazone groups is 1. The Morgan fingerprint density at radius 2 is 2.17 bits per heavy atom. The zero-order chi connectivity index (χ0) is 16.2. The number of nitrogens with one attached hydrogen (secondary N) is 2. The summed E-state index contributed by atoms with van der Waals surface area (Å²) in [5, 5.41) is 11.3. The molecule has 0 aliphatic rings. The molecule has 2 heterocycles. The maximum Gasteiger partial charge on any atom is 0.291 e. The quantitative estimate of drug-likeness (QED) is 0.498. The van der Waals surface area contributed by atoms with E-state index in [-0.39, 0.29) is 5.69 Å². The number of aromatic amines is 1. The minimum absolute atomic E-state index is 0.265. The van der Waals surface area contributed by atoms with E-state index in [0.717, 1.165) is 19.9 Å². The smallest absolute Gasteiger partial charge is 0.276 e. The molecular weight excluding hydrogens is 400 g/mol. The van der Waals surface area contributed by atoms with Crippen molar-refractivity contribution < 1.29 is 4.79 Å². The van der Waals surface area contributed by atoms with E-state index in [4.69, 9.17) is 11.6 Å². The Labute approximate surface area is 149 Å². The lowest BCUT2D eigenvalue weighted by atomic mass is 10.2. The topological polar surface area (TPSA) is 70.1 Å². The number of aromatic nitrogens is 2. The molecule has 0 radical (unpaired) electrons. The van der Waals surface area contributed by atoms with Crippen molar-refractivity contribution in [3.8, 4) is 10.6 Å². The second-order valence-electron chi connectivity index (χ2n) is 4.49. The summed E-state index contributed by atoms with van der Waals surface area (Å²) in [6.07, 6.45) is 1.49. The number of amides is 1. The molecule has 3 rings (SSSR count). The first-order valence-corrected chi connectivity index (χ1v) is 8.51. The maximum atomic E-state index is 12.0. The van der Waals surface area contributed by atoms with Gasteiger partial charge in [0.15, 0.2) is 5.69 Å². The molecule has 0 fully saturated rings. The van der Waals surface area contributed by atoms with Gasteiger partial charge in [0.1, 0.15) is 0 Å². The SMILES string of the molecule is O=C(NN=Cc1ccccc1Cl)c1cc(-c2ccc(Br)s2)[nH]n1. The molecule has 2 N–H and O–H groups in total. The van der Waals surface area contributed by atoms with Crippen molar-refractivity contribution in [3.05, 3.63) is 62.5 Å². The van der Waals surface area contributed by atoms with Crippen LogP contribution < -0.4 is 5.43 Å². The second-order valence-corrected chi connectivity index (χ2v) is 7.36. The normalized spacial score (nSPS) is 11.0. The third-order valence-electron chi connectivity index (χ3n) is 2.92. The van der Waals surface area contributed by atoms with Gasteiger partial charge in [0.2, 0.25) is 0 Å². The van der Waals surface area contributed by atoms with Crippen molar-refractivity contribution in [2.45, 2.75) is 0 Å². The highest BCUT2D eigenvalue weighted by molar-refractivity contribution is 9.11. The molecule has 1 amide bonds. The number of rotatable bonds is 4. The van der Waals surface area contributed by atoms with Crippen molar-refractivity contribution in [1.29, 1.82) is 0 Å². The van der Waals surface area contributed by atoms with Gasteiger partial charge in [-0.25, -0.2) is 5.43 Å². The summed E-state index contributed by atoms with van der Waals surface area (Å²) in [7, 11) is 0. The molecule has 3 aromatic rings. The Hall–Kier alpha value is -1.96. The fourth-order valence-corrected chi connectivity index (χ4v) is 3.36. The summed E-state index contributed by atoms with van der Waals surface area (Å²) >= 11 is 11.0. The molecule has 0 aliphatic carbocycles. The first kappa shape index (κ1) is 15.9. The van der Waals surface area contributed by atoms with Crippen LogP contribution in [0.3, 0.4) is 0 Å². The van der Waals surface area contributed by atoms with Crippen molar-refractivity contribution in [3.63, 3.8) is 0 Å². The van der Waals surface area contributed by atoms with E-state index >= 15 is 0 Å². The lowest BCUT2D eigenvalue weighted by molar-refractivity contribution is 0.0950. The van der Waals surface area contributed by atoms with Gasteiger partial charge in [-0.15, -0.1) is 11.3 Å². The molecule has 0 saturated heterocycles. The summed E-state index contributed by atoms with van der Waals surface area (Å²) in [5.74, 6) is -0.397. The van der Waals surface area contributed by atoms with Crippen LogP contribution in [0.4, 0.5) is 0 Å². The summed E-state index contributed by atoms with van der Waals surface area (Å²) < 4.78 is 1.01. The number of halogens is 2. The van der Waals surface area contributed by atoms with Gasteiger partial charge >= 0.3 is 0 Å². The van der Waals surface area contributed by atoms with Gasteiger partial charge in [-0.1, -0.05) is 29.8 Å². The number of hydrogen-bond donors (Lipinski definition) is 2. The first-order valence-electron chi connectivity index (χ1n) is 6.52. The van der Waals surface area contributed by atoms with Crippen LogP contribution in [0.2, 0.25) is 5.02 Å². The van der Waals surface area contributed by atoms with E-state index in [2.05, 4.69) is 36.7 Å². The van der Waals surface area contributed by atoms with Crippen LogP contribution in [-0.2, 0) is 0 Å². The summed E-state index contributed by atoms with van der Waals surface area (Å²) in [5.41, 5.74) is 4.19. The van der Waals surface area contributed by atoms with Gasteiger partial charge in [0.05, 0.1) is 20.6 Å². The molecule has 0 saturated carbocycles. The zero-order valence-electron chi connectivity index (χ0n) is 11.6. The van der Waals surface area contributed by atoms with Crippen molar-refractivity contribution in [2.75, 3.05) is 0 Å². The fraction of sp³-hybridized carbons (Fsp3) is 0. The van der Waals surface area contributed by atoms with Crippen LogP contribution >= 0.6 is 38.9 Å². The second kappa shape index (κ2) is 7.08. The predicted molar refractivity (Wildman–Crippen MR) is 96.1 cm³/mol. The van der Waals surface area contributed by atoms with Crippen molar-refractivity contribution in [2.24, 2.45) is 5.10 Å². The van der Waals surface area contributed by atoms with Gasteiger partial charge in [-0.3, -0.25) is 9.89 Å². The van der Waals surface area contributed by atoms with E-state index in [1.165, 1.54) is 6.21 Å². The lowest BCUT2D eigenvalue weighted by Gasteiger charge is -1.97. The van der Waals surface area contributed by atoms with E-state index in [1.807, 2.05) is 24.3 Å². The Morgan fingerprint density at radius 1 is 1.35 bits per heavy atom. The van der Waals surface area contributed by atoms with Crippen LogP contribution in [-0.4, -0.2) is 22.3 Å². The molecule has 0 spiro atoms. The number of carbonyl (C=O) groups excluding carboxylic acids is 1. The van der Waals surface area contributed by atoms with E-state index in [0.29, 0.717) is 5.02 Å². The molecule has 0 aliphatic heterocycles. The van der Waals surface area contributed by atoms with Gasteiger partial charge in [-0.05, 0) is 40.2 Å². The molecular formula is C15H10BrClN4OS. The molecule has 2 aromatic heterocycles. The predicted octanol–water partition coefficient (Wildman–Crippen LogP) is 4.32. The highest BCUT2D eigenvalue weighted by atomic mass is 79.9. The Morgan fingerprint density at radius 3 is 2.91 bits per heavy atom. The van der Waals surface area contributed by atoms with Crippen LogP contribution in [0.15, 0.2) is 51.4 Å². The monoisotopic (exact) mass is 408 g/mol. The van der Waals surface area contributed by atoms with Crippen LogP contribution in [0.1, 0.15) is 16.1 Å². The van der Waals surface area contributed by atoms with Gasteiger partial charge in [0, 0.05) is 10.6 Å². The number of thiophene rings is 1. The molecule has 116 valence electrons. The van der Waals surface area contributed by atoms with Crippen LogP contribution in [0, 0.1) is 0 Å². The third kappa shape index (κ3) is 3.87. The Bertz CT molecular complexity index is 874. The summed E-state index contributed by atoms with van der Waals surface area (Å²) in [6, 6.07) is 12.8. The molecule has 23 heavy (non-hydrogen) atoms. The van der Waals surface area contributed by atoms with Gasteiger partial charge < -0.3 is 0 Å². The minimum Gasteiger partial charge on any atom is -0.276 e. The Kier molecular flexibility index (Phi) is 4.90. The number of hydrogen-bond acceptors (Lipinski definition) is 4. The summed E-state index contributed by atoms with van der Waals surface area (Å²) in [4.78, 5) is 13.0. The molecule has 0 atom stereocenters. The van der Waals surface area contributed by atoms with E-state index in [9.17, 15) is 4.79 Å². The molecule has 0 bridgehead atoms. The Balaban J connectivity index is 1.67. The minimum atomic E-state index is -0.397. The number of nitrogens with zero attached hydrogens (tertiary/aromatic N) is 2. The fourth-order valence-electron chi connectivity index (χ4n) is 1.82. The first-order chi connectivity index (χ1) is 11.1.